The Bertz CT molecular complexity index is 966. The third-order valence-corrected chi connectivity index (χ3v) is 5.69. The van der Waals surface area contributed by atoms with Gasteiger partial charge in [-0.2, -0.15) is 23.3 Å². The molecule has 30 heavy (non-hydrogen) atoms. The maximum Gasteiger partial charge on any atom is 0.435 e. The van der Waals surface area contributed by atoms with Crippen molar-refractivity contribution >= 4 is 23.4 Å². The van der Waals surface area contributed by atoms with Crippen LogP contribution in [0, 0.1) is 12.8 Å². The van der Waals surface area contributed by atoms with Gasteiger partial charge in [0.05, 0.1) is 11.7 Å². The van der Waals surface area contributed by atoms with E-state index in [1.165, 1.54) is 10.9 Å². The number of carbonyl (C=O) groups excluding carboxylic acids is 1. The van der Waals surface area contributed by atoms with Crippen LogP contribution in [-0.4, -0.2) is 44.8 Å². The molecule has 2 aromatic rings. The number of halogens is 3. The number of amides is 1. The zero-order valence-electron chi connectivity index (χ0n) is 17.2. The minimum absolute atomic E-state index is 0.0374. The van der Waals surface area contributed by atoms with Crippen LogP contribution in [0.15, 0.2) is 12.3 Å². The van der Waals surface area contributed by atoms with E-state index in [0.29, 0.717) is 36.0 Å². The number of alkyl halides is 3. The highest BCUT2D eigenvalue weighted by Gasteiger charge is 2.38. The molecule has 2 aliphatic rings. The van der Waals surface area contributed by atoms with E-state index in [1.807, 2.05) is 32.7 Å². The van der Waals surface area contributed by atoms with Crippen LogP contribution in [0.3, 0.4) is 0 Å². The van der Waals surface area contributed by atoms with Crippen LogP contribution in [-0.2, 0) is 11.0 Å². The lowest BCUT2D eigenvalue weighted by molar-refractivity contribution is -0.141. The normalized spacial score (nSPS) is 23.8. The summed E-state index contributed by atoms with van der Waals surface area (Å²) in [6, 6.07) is 0.613. The molecule has 1 saturated carbocycles. The molecule has 0 bridgehead atoms. The molecule has 2 aromatic heterocycles. The summed E-state index contributed by atoms with van der Waals surface area (Å²) in [6.07, 6.45) is -1.82. The third-order valence-electron chi connectivity index (χ3n) is 5.69. The topological polar surface area (TPSA) is 88.0 Å². The number of aryl methyl sites for hydroxylation is 1. The van der Waals surface area contributed by atoms with Crippen molar-refractivity contribution in [3.05, 3.63) is 23.7 Å². The molecule has 162 valence electrons. The van der Waals surface area contributed by atoms with Gasteiger partial charge in [0.15, 0.2) is 11.5 Å². The summed E-state index contributed by atoms with van der Waals surface area (Å²) in [5.41, 5.74) is 0.382. The van der Waals surface area contributed by atoms with Crippen molar-refractivity contribution in [2.45, 2.75) is 57.9 Å². The van der Waals surface area contributed by atoms with Gasteiger partial charge in [0.2, 0.25) is 11.9 Å². The second-order valence-corrected chi connectivity index (χ2v) is 8.27. The van der Waals surface area contributed by atoms with Crippen molar-refractivity contribution in [1.29, 1.82) is 0 Å². The molecule has 0 aromatic carbocycles. The quantitative estimate of drug-likeness (QED) is 0.785. The van der Waals surface area contributed by atoms with Crippen LogP contribution in [0.4, 0.5) is 30.6 Å². The number of aromatic nitrogens is 4. The second kappa shape index (κ2) is 7.13. The predicted molar refractivity (Wildman–Crippen MR) is 105 cm³/mol. The summed E-state index contributed by atoms with van der Waals surface area (Å²) in [4.78, 5) is 23.3. The van der Waals surface area contributed by atoms with E-state index in [2.05, 4.69) is 25.7 Å². The van der Waals surface area contributed by atoms with Crippen LogP contribution >= 0.6 is 0 Å². The van der Waals surface area contributed by atoms with E-state index >= 15 is 0 Å². The molecule has 0 radical (unpaired) electrons. The summed E-state index contributed by atoms with van der Waals surface area (Å²) in [5, 5.41) is 9.81. The highest BCUT2D eigenvalue weighted by atomic mass is 19.4. The summed E-state index contributed by atoms with van der Waals surface area (Å²) < 4.78 is 39.5. The van der Waals surface area contributed by atoms with Crippen molar-refractivity contribution in [1.82, 2.24) is 19.7 Å². The minimum Gasteiger partial charge on any atom is -0.351 e. The molecule has 1 aliphatic carbocycles. The molecule has 0 spiro atoms. The summed E-state index contributed by atoms with van der Waals surface area (Å²) >= 11 is 0. The van der Waals surface area contributed by atoms with Crippen LogP contribution < -0.4 is 15.5 Å². The lowest BCUT2D eigenvalue weighted by Gasteiger charge is -2.38. The first-order chi connectivity index (χ1) is 14.0. The van der Waals surface area contributed by atoms with Gasteiger partial charge < -0.3 is 15.5 Å². The Hall–Kier alpha value is -2.85. The Kier molecular flexibility index (Phi) is 4.86. The van der Waals surface area contributed by atoms with Crippen LogP contribution in [0.5, 0.6) is 0 Å². The largest absolute Gasteiger partial charge is 0.435 e. The van der Waals surface area contributed by atoms with Gasteiger partial charge in [0, 0.05) is 19.3 Å². The molecule has 8 nitrogen and oxygen atoms in total. The van der Waals surface area contributed by atoms with E-state index in [1.54, 1.807) is 0 Å². The molecule has 1 aliphatic heterocycles. The van der Waals surface area contributed by atoms with E-state index in [0.717, 1.165) is 6.07 Å². The number of nitrogens with zero attached hydrogens (tertiary/aromatic N) is 5. The Balaban J connectivity index is 1.45. The number of anilines is 3. The molecule has 1 atom stereocenters. The lowest BCUT2D eigenvalue weighted by Crippen LogP contribution is -2.50. The van der Waals surface area contributed by atoms with Gasteiger partial charge in [0.1, 0.15) is 11.7 Å². The predicted octanol–water partition coefficient (Wildman–Crippen LogP) is 3.23. The summed E-state index contributed by atoms with van der Waals surface area (Å²) in [5.74, 6) is 1.13. The van der Waals surface area contributed by atoms with Crippen molar-refractivity contribution in [2.24, 2.45) is 5.92 Å². The summed E-state index contributed by atoms with van der Waals surface area (Å²) in [7, 11) is 1.84. The Morgan fingerprint density at radius 2 is 1.97 bits per heavy atom. The average Bonchev–Trinajstić information content (AvgIpc) is 3.08. The number of hydrogen-bond donors (Lipinski definition) is 2. The highest BCUT2D eigenvalue weighted by molar-refractivity contribution is 6.03. The van der Waals surface area contributed by atoms with Gasteiger partial charge in [0.25, 0.3) is 0 Å². The zero-order valence-corrected chi connectivity index (χ0v) is 17.2. The van der Waals surface area contributed by atoms with E-state index in [-0.39, 0.29) is 30.0 Å². The van der Waals surface area contributed by atoms with E-state index < -0.39 is 11.9 Å². The Morgan fingerprint density at radius 1 is 1.27 bits per heavy atom. The lowest BCUT2D eigenvalue weighted by atomic mass is 9.87. The third kappa shape index (κ3) is 3.56. The fraction of sp³-hybridized carbons (Fsp3) is 0.579. The van der Waals surface area contributed by atoms with Crippen LogP contribution in [0.2, 0.25) is 0 Å². The standard InChI is InChI=1S/C19H24F3N7O/c1-9(2)15-17(30)25-14-10(3)23-18(26-16(14)28(15)4)24-11-7-12(8-11)29-6-5-13(27-29)19(20,21)22/h5-6,9,11-12,15H,7-8H2,1-4H3,(H,25,30)(H,23,24,26)/t11-,12-,15?. The van der Waals surface area contributed by atoms with Crippen LogP contribution in [0.1, 0.15) is 44.1 Å². The number of likely N-dealkylation sites (N-methyl/N-ethyl adjacent to an activating group) is 1. The molecule has 11 heteroatoms. The fourth-order valence-electron chi connectivity index (χ4n) is 4.08. The summed E-state index contributed by atoms with van der Waals surface area (Å²) in [6.45, 7) is 5.77. The van der Waals surface area contributed by atoms with Gasteiger partial charge in [-0.05, 0) is 31.7 Å². The second-order valence-electron chi connectivity index (χ2n) is 8.27. The maximum absolute atomic E-state index is 12.7. The number of nitrogens with one attached hydrogen (secondary N) is 2. The maximum atomic E-state index is 12.7. The average molecular weight is 423 g/mol. The van der Waals surface area contributed by atoms with Crippen molar-refractivity contribution in [2.75, 3.05) is 22.6 Å². The zero-order chi connectivity index (χ0) is 21.8. The van der Waals surface area contributed by atoms with Crippen molar-refractivity contribution in [3.8, 4) is 0 Å². The first-order valence-electron chi connectivity index (χ1n) is 9.85. The SMILES string of the molecule is Cc1nc(N[C@H]2C[C@H](n3ccc(C(F)(F)F)n3)C2)nc2c1NC(=O)C(C(C)C)N2C. The monoisotopic (exact) mass is 423 g/mol. The molecule has 3 heterocycles. The first-order valence-corrected chi connectivity index (χ1v) is 9.85. The molecular weight excluding hydrogens is 399 g/mol. The van der Waals surface area contributed by atoms with E-state index in [4.69, 9.17) is 0 Å². The van der Waals surface area contributed by atoms with Gasteiger partial charge in [-0.15, -0.1) is 0 Å². The van der Waals surface area contributed by atoms with Crippen molar-refractivity contribution < 1.29 is 18.0 Å². The van der Waals surface area contributed by atoms with Crippen molar-refractivity contribution in [3.63, 3.8) is 0 Å². The molecular formula is C19H24F3N7O. The molecule has 0 saturated heterocycles. The minimum atomic E-state index is -4.43. The van der Waals surface area contributed by atoms with Crippen LogP contribution in [0.25, 0.3) is 0 Å². The first kappa shape index (κ1) is 20.4. The Labute approximate surface area is 171 Å². The van der Waals surface area contributed by atoms with Gasteiger partial charge in [-0.3, -0.25) is 9.48 Å². The van der Waals surface area contributed by atoms with Gasteiger partial charge in [-0.1, -0.05) is 13.8 Å². The van der Waals surface area contributed by atoms with E-state index in [9.17, 15) is 18.0 Å². The fourth-order valence-corrected chi connectivity index (χ4v) is 4.08. The molecule has 2 N–H and O–H groups in total. The number of hydrogen-bond acceptors (Lipinski definition) is 6. The smallest absolute Gasteiger partial charge is 0.351 e. The van der Waals surface area contributed by atoms with Gasteiger partial charge >= 0.3 is 6.18 Å². The highest BCUT2D eigenvalue weighted by Crippen LogP contribution is 2.37. The number of rotatable bonds is 4. The molecule has 1 fully saturated rings. The number of carbonyl (C=O) groups is 1. The molecule has 1 amide bonds. The number of fused-ring (bicyclic) bond motifs is 1. The molecule has 4 rings (SSSR count). The Morgan fingerprint density at radius 3 is 2.57 bits per heavy atom. The molecule has 1 unspecified atom stereocenters. The van der Waals surface area contributed by atoms with Gasteiger partial charge in [-0.25, -0.2) is 4.98 Å².